The lowest BCUT2D eigenvalue weighted by molar-refractivity contribution is -0.118. The van der Waals surface area contributed by atoms with E-state index in [9.17, 15) is 14.0 Å². The van der Waals surface area contributed by atoms with E-state index in [1.807, 2.05) is 28.8 Å². The van der Waals surface area contributed by atoms with Gasteiger partial charge in [0.05, 0.1) is 19.3 Å². The molecular formula is C23H23FN2O5. The average Bonchev–Trinajstić information content (AvgIpc) is 2.77. The van der Waals surface area contributed by atoms with E-state index in [-0.39, 0.29) is 17.8 Å². The Morgan fingerprint density at radius 3 is 2.35 bits per heavy atom. The van der Waals surface area contributed by atoms with E-state index < -0.39 is 11.7 Å². The topological polar surface area (TPSA) is 78.8 Å². The van der Waals surface area contributed by atoms with Crippen LogP contribution in [0, 0.1) is 12.7 Å². The molecule has 3 rings (SSSR count). The van der Waals surface area contributed by atoms with Crippen molar-refractivity contribution in [1.82, 2.24) is 4.57 Å². The van der Waals surface area contributed by atoms with Gasteiger partial charge in [-0.1, -0.05) is 0 Å². The molecule has 0 fully saturated rings. The Hall–Kier alpha value is -3.81. The monoisotopic (exact) mass is 426 g/mol. The van der Waals surface area contributed by atoms with Crippen LogP contribution in [0.5, 0.6) is 17.2 Å². The molecule has 0 aliphatic heterocycles. The zero-order valence-corrected chi connectivity index (χ0v) is 17.3. The van der Waals surface area contributed by atoms with Crippen molar-refractivity contribution >= 4 is 11.6 Å². The number of nitrogens with zero attached hydrogens (tertiary/aromatic N) is 1. The first kappa shape index (κ1) is 21.9. The average molecular weight is 426 g/mol. The second-order valence-electron chi connectivity index (χ2n) is 6.66. The SMILES string of the molecule is COc1ccc(OCCn2ccc(=O)c(OCC(=O)Nc3ccc(F)cc3)c2C)cc1. The molecule has 2 aromatic carbocycles. The Labute approximate surface area is 179 Å². The summed E-state index contributed by atoms with van der Waals surface area (Å²) < 4.78 is 31.1. The fraction of sp³-hybridized carbons (Fsp3) is 0.217. The second-order valence-corrected chi connectivity index (χ2v) is 6.66. The maximum absolute atomic E-state index is 12.9. The third-order valence-electron chi connectivity index (χ3n) is 4.53. The molecule has 1 heterocycles. The van der Waals surface area contributed by atoms with Crippen molar-refractivity contribution in [1.29, 1.82) is 0 Å². The number of halogens is 1. The van der Waals surface area contributed by atoms with E-state index in [4.69, 9.17) is 14.2 Å². The van der Waals surface area contributed by atoms with E-state index in [2.05, 4.69) is 5.32 Å². The third-order valence-corrected chi connectivity index (χ3v) is 4.53. The number of rotatable bonds is 9. The molecule has 0 aliphatic carbocycles. The summed E-state index contributed by atoms with van der Waals surface area (Å²) in [5, 5.41) is 2.59. The lowest BCUT2D eigenvalue weighted by Crippen LogP contribution is -2.24. The van der Waals surface area contributed by atoms with E-state index in [0.29, 0.717) is 30.3 Å². The Bertz CT molecular complexity index is 1080. The van der Waals surface area contributed by atoms with Crippen molar-refractivity contribution in [3.63, 3.8) is 0 Å². The fourth-order valence-electron chi connectivity index (χ4n) is 2.87. The van der Waals surface area contributed by atoms with Crippen molar-refractivity contribution in [2.45, 2.75) is 13.5 Å². The molecule has 8 heteroatoms. The third kappa shape index (κ3) is 6.08. The molecule has 31 heavy (non-hydrogen) atoms. The van der Waals surface area contributed by atoms with Gasteiger partial charge in [0.1, 0.15) is 23.9 Å². The number of carbonyl (C=O) groups is 1. The van der Waals surface area contributed by atoms with Crippen LogP contribution in [0.4, 0.5) is 10.1 Å². The van der Waals surface area contributed by atoms with Crippen LogP contribution in [0.25, 0.3) is 0 Å². The van der Waals surface area contributed by atoms with Crippen molar-refractivity contribution < 1.29 is 23.4 Å². The molecule has 1 N–H and O–H groups in total. The molecule has 0 saturated carbocycles. The molecule has 0 saturated heterocycles. The van der Waals surface area contributed by atoms with Crippen LogP contribution in [-0.4, -0.2) is 30.8 Å². The number of benzene rings is 2. The minimum absolute atomic E-state index is 0.0983. The largest absolute Gasteiger partial charge is 0.497 e. The highest BCUT2D eigenvalue weighted by molar-refractivity contribution is 5.91. The van der Waals surface area contributed by atoms with Gasteiger partial charge in [0.25, 0.3) is 5.91 Å². The maximum atomic E-state index is 12.9. The highest BCUT2D eigenvalue weighted by Crippen LogP contribution is 2.17. The van der Waals surface area contributed by atoms with E-state index >= 15 is 0 Å². The molecule has 1 amide bonds. The molecule has 0 atom stereocenters. The molecule has 3 aromatic rings. The van der Waals surface area contributed by atoms with Crippen LogP contribution >= 0.6 is 0 Å². The zero-order chi connectivity index (χ0) is 22.2. The first-order valence-electron chi connectivity index (χ1n) is 9.61. The number of hydrogen-bond acceptors (Lipinski definition) is 5. The first-order valence-corrected chi connectivity index (χ1v) is 9.61. The number of pyridine rings is 1. The molecule has 0 aliphatic rings. The summed E-state index contributed by atoms with van der Waals surface area (Å²) >= 11 is 0. The number of aromatic nitrogens is 1. The van der Waals surface area contributed by atoms with E-state index in [1.54, 1.807) is 20.2 Å². The van der Waals surface area contributed by atoms with Gasteiger partial charge in [-0.25, -0.2) is 4.39 Å². The quantitative estimate of drug-likeness (QED) is 0.567. The number of nitrogens with one attached hydrogen (secondary N) is 1. The van der Waals surface area contributed by atoms with E-state index in [0.717, 1.165) is 5.75 Å². The minimum Gasteiger partial charge on any atom is -0.497 e. The lowest BCUT2D eigenvalue weighted by atomic mass is 10.3. The summed E-state index contributed by atoms with van der Waals surface area (Å²) in [6, 6.07) is 14.0. The fourth-order valence-corrected chi connectivity index (χ4v) is 2.87. The van der Waals surface area contributed by atoms with Gasteiger partial charge in [-0.15, -0.1) is 0 Å². The van der Waals surface area contributed by atoms with Gasteiger partial charge in [-0.05, 0) is 55.5 Å². The second kappa shape index (κ2) is 10.3. The Balaban J connectivity index is 1.57. The van der Waals surface area contributed by atoms with Gasteiger partial charge < -0.3 is 24.1 Å². The summed E-state index contributed by atoms with van der Waals surface area (Å²) in [4.78, 5) is 24.3. The van der Waals surface area contributed by atoms with E-state index in [1.165, 1.54) is 30.3 Å². The highest BCUT2D eigenvalue weighted by atomic mass is 19.1. The minimum atomic E-state index is -0.455. The van der Waals surface area contributed by atoms with Crippen molar-refractivity contribution in [2.24, 2.45) is 0 Å². The summed E-state index contributed by atoms with van der Waals surface area (Å²) in [6.07, 6.45) is 1.65. The van der Waals surface area contributed by atoms with Crippen molar-refractivity contribution in [3.05, 3.63) is 82.5 Å². The summed E-state index contributed by atoms with van der Waals surface area (Å²) in [7, 11) is 1.60. The lowest BCUT2D eigenvalue weighted by Gasteiger charge is -2.15. The van der Waals surface area contributed by atoms with Gasteiger partial charge in [0.2, 0.25) is 5.43 Å². The number of anilines is 1. The van der Waals surface area contributed by atoms with Gasteiger partial charge >= 0.3 is 0 Å². The van der Waals surface area contributed by atoms with Crippen LogP contribution in [0.2, 0.25) is 0 Å². The number of methoxy groups -OCH3 is 1. The van der Waals surface area contributed by atoms with Crippen LogP contribution in [0.1, 0.15) is 5.69 Å². The zero-order valence-electron chi connectivity index (χ0n) is 17.3. The molecular weight excluding hydrogens is 403 g/mol. The smallest absolute Gasteiger partial charge is 0.262 e. The molecule has 0 unspecified atom stereocenters. The molecule has 162 valence electrons. The van der Waals surface area contributed by atoms with Gasteiger partial charge in [-0.3, -0.25) is 9.59 Å². The number of hydrogen-bond donors (Lipinski definition) is 1. The van der Waals surface area contributed by atoms with Crippen molar-refractivity contribution in [2.75, 3.05) is 25.6 Å². The molecule has 1 aromatic heterocycles. The van der Waals surface area contributed by atoms with Gasteiger partial charge in [-0.2, -0.15) is 0 Å². The molecule has 0 spiro atoms. The molecule has 7 nitrogen and oxygen atoms in total. The Kier molecular flexibility index (Phi) is 7.26. The maximum Gasteiger partial charge on any atom is 0.262 e. The first-order chi connectivity index (χ1) is 15.0. The normalized spacial score (nSPS) is 10.4. The standard InChI is InChI=1S/C23H23FN2O5/c1-16-23(31-15-22(28)25-18-5-3-17(24)4-6-18)21(27)11-12-26(16)13-14-30-20-9-7-19(29-2)8-10-20/h3-12H,13-15H2,1-2H3,(H,25,28). The number of amides is 1. The highest BCUT2D eigenvalue weighted by Gasteiger charge is 2.11. The Morgan fingerprint density at radius 1 is 1.00 bits per heavy atom. The summed E-state index contributed by atoms with van der Waals surface area (Å²) in [6.45, 7) is 2.25. The van der Waals surface area contributed by atoms with Gasteiger partial charge in [0, 0.05) is 18.0 Å². The molecule has 0 bridgehead atoms. The Morgan fingerprint density at radius 2 is 1.68 bits per heavy atom. The van der Waals surface area contributed by atoms with Crippen molar-refractivity contribution in [3.8, 4) is 17.2 Å². The molecule has 0 radical (unpaired) electrons. The predicted octanol–water partition coefficient (Wildman–Crippen LogP) is 3.40. The van der Waals surface area contributed by atoms with Crippen LogP contribution in [0.15, 0.2) is 65.6 Å². The van der Waals surface area contributed by atoms with Crippen LogP contribution in [0.3, 0.4) is 0 Å². The summed E-state index contributed by atoms with van der Waals surface area (Å²) in [5.41, 5.74) is 0.702. The van der Waals surface area contributed by atoms with Crippen LogP contribution < -0.4 is 25.0 Å². The number of carbonyl (C=O) groups excluding carboxylic acids is 1. The summed E-state index contributed by atoms with van der Waals surface area (Å²) in [5.74, 6) is 0.692. The number of ether oxygens (including phenoxy) is 3. The predicted molar refractivity (Wildman–Crippen MR) is 114 cm³/mol. The van der Waals surface area contributed by atoms with Gasteiger partial charge in [0.15, 0.2) is 12.4 Å². The van der Waals surface area contributed by atoms with Crippen LogP contribution in [-0.2, 0) is 11.3 Å².